The van der Waals surface area contributed by atoms with E-state index < -0.39 is 30.4 Å². The Morgan fingerprint density at radius 3 is 1.51 bits per heavy atom. The molecule has 0 radical (unpaired) electrons. The normalized spacial score (nSPS) is 18.0. The number of H-pyrrole nitrogens is 2. The van der Waals surface area contributed by atoms with Gasteiger partial charge >= 0.3 is 12.2 Å². The quantitative estimate of drug-likeness (QED) is 0.146. The van der Waals surface area contributed by atoms with E-state index in [4.69, 9.17) is 14.2 Å². The van der Waals surface area contributed by atoms with E-state index in [0.29, 0.717) is 24.7 Å². The molecule has 2 aromatic heterocycles. The number of aromatic nitrogens is 4. The lowest BCUT2D eigenvalue weighted by molar-refractivity contribution is -0.137. The van der Waals surface area contributed by atoms with Crippen LogP contribution in [-0.2, 0) is 23.8 Å². The molecular formula is C42H50N8O7. The molecule has 2 aliphatic rings. The molecule has 0 spiro atoms. The molecule has 2 aliphatic heterocycles. The molecule has 6 rings (SSSR count). The molecular weight excluding hydrogens is 729 g/mol. The number of amides is 4. The van der Waals surface area contributed by atoms with E-state index in [2.05, 4.69) is 42.4 Å². The van der Waals surface area contributed by atoms with Crippen molar-refractivity contribution in [3.8, 4) is 34.4 Å². The maximum Gasteiger partial charge on any atom is 0.407 e. The second kappa shape index (κ2) is 18.2. The van der Waals surface area contributed by atoms with Crippen molar-refractivity contribution in [1.82, 2.24) is 40.4 Å². The summed E-state index contributed by atoms with van der Waals surface area (Å²) in [4.78, 5) is 70.6. The SMILES string of the molecule is COC(=O)NC(C(=O)N1CCCC1c1ncc(-c2ccc(C#Cc3ccc(-c4cnc(C5CCCN5C(=O)C(NC(=O)OC)C(C)OC)[nH]4)cc3)cc2)[nH]1)C(C)C. The number of nitrogens with zero attached hydrogens (tertiary/aromatic N) is 4. The van der Waals surface area contributed by atoms with Crippen LogP contribution in [0.25, 0.3) is 22.5 Å². The molecule has 2 saturated heterocycles. The van der Waals surface area contributed by atoms with Crippen molar-refractivity contribution in [1.29, 1.82) is 0 Å². The Morgan fingerprint density at radius 2 is 1.11 bits per heavy atom. The smallest absolute Gasteiger partial charge is 0.407 e. The van der Waals surface area contributed by atoms with E-state index in [1.165, 1.54) is 21.3 Å². The van der Waals surface area contributed by atoms with Gasteiger partial charge in [0.15, 0.2) is 0 Å². The van der Waals surface area contributed by atoms with Crippen LogP contribution in [0, 0.1) is 17.8 Å². The number of aromatic amines is 2. The highest BCUT2D eigenvalue weighted by atomic mass is 16.5. The summed E-state index contributed by atoms with van der Waals surface area (Å²) < 4.78 is 14.9. The summed E-state index contributed by atoms with van der Waals surface area (Å²) >= 11 is 0. The fraction of sp³-hybridized carbons (Fsp3) is 0.429. The van der Waals surface area contributed by atoms with Gasteiger partial charge in [-0.05, 0) is 73.9 Å². The summed E-state index contributed by atoms with van der Waals surface area (Å²) in [5.41, 5.74) is 5.23. The average Bonchev–Trinajstić information content (AvgIpc) is 4.07. The standard InChI is InChI=1S/C42H50N8O7/c1-25(2)35(47-41(53)56-5)39(51)49-21-7-9-33(49)37-43-23-31(45-37)29-17-13-27(14-18-29)11-12-28-15-19-30(20-16-28)32-24-44-38(46-32)34-10-8-22-50(34)40(52)36(26(3)55-4)48-42(54)57-6/h13-20,23-26,33-36H,7-10,21-22H2,1-6H3,(H,43,45)(H,44,46)(H,47,53)(H,48,54). The zero-order chi connectivity index (χ0) is 40.6. The largest absolute Gasteiger partial charge is 0.453 e. The van der Waals surface area contributed by atoms with Crippen LogP contribution in [0.5, 0.6) is 0 Å². The molecule has 5 atom stereocenters. The predicted molar refractivity (Wildman–Crippen MR) is 211 cm³/mol. The number of rotatable bonds is 11. The van der Waals surface area contributed by atoms with E-state index in [-0.39, 0.29) is 29.8 Å². The van der Waals surface area contributed by atoms with Gasteiger partial charge in [0.25, 0.3) is 0 Å². The van der Waals surface area contributed by atoms with Crippen molar-refractivity contribution in [2.24, 2.45) is 5.92 Å². The number of alkyl carbamates (subject to hydrolysis) is 2. The zero-order valence-corrected chi connectivity index (χ0v) is 33.1. The fourth-order valence-corrected chi connectivity index (χ4v) is 7.30. The number of ether oxygens (including phenoxy) is 3. The Morgan fingerprint density at radius 1 is 0.684 bits per heavy atom. The first kappa shape index (κ1) is 40.5. The van der Waals surface area contributed by atoms with Crippen molar-refractivity contribution >= 4 is 24.0 Å². The lowest BCUT2D eigenvalue weighted by Gasteiger charge is -2.30. The van der Waals surface area contributed by atoms with Gasteiger partial charge in [-0.1, -0.05) is 50.0 Å². The highest BCUT2D eigenvalue weighted by Gasteiger charge is 2.39. The Kier molecular flexibility index (Phi) is 12.9. The Labute approximate surface area is 332 Å². The zero-order valence-electron chi connectivity index (χ0n) is 33.1. The minimum atomic E-state index is -0.898. The average molecular weight is 779 g/mol. The minimum Gasteiger partial charge on any atom is -0.453 e. The summed E-state index contributed by atoms with van der Waals surface area (Å²) in [5.74, 6) is 7.35. The number of benzene rings is 2. The van der Waals surface area contributed by atoms with Crippen molar-refractivity contribution in [3.05, 3.63) is 83.7 Å². The molecule has 4 N–H and O–H groups in total. The van der Waals surface area contributed by atoms with Crippen LogP contribution in [0.1, 0.15) is 81.3 Å². The van der Waals surface area contributed by atoms with Gasteiger partial charge in [0.1, 0.15) is 23.7 Å². The van der Waals surface area contributed by atoms with Crippen molar-refractivity contribution in [2.45, 2.75) is 76.7 Å². The van der Waals surface area contributed by atoms with E-state index in [0.717, 1.165) is 59.3 Å². The van der Waals surface area contributed by atoms with E-state index in [1.807, 2.05) is 62.4 Å². The van der Waals surface area contributed by atoms with Crippen molar-refractivity contribution in [2.75, 3.05) is 34.4 Å². The lowest BCUT2D eigenvalue weighted by atomic mass is 10.0. The molecule has 57 heavy (non-hydrogen) atoms. The number of hydrogen-bond donors (Lipinski definition) is 4. The molecule has 5 unspecified atom stereocenters. The van der Waals surface area contributed by atoms with E-state index in [9.17, 15) is 19.2 Å². The summed E-state index contributed by atoms with van der Waals surface area (Å²) in [6.07, 6.45) is 4.82. The van der Waals surface area contributed by atoms with Gasteiger partial charge in [0, 0.05) is 31.3 Å². The maximum atomic E-state index is 13.6. The Bertz CT molecular complexity index is 2100. The van der Waals surface area contributed by atoms with Crippen molar-refractivity contribution in [3.63, 3.8) is 0 Å². The van der Waals surface area contributed by atoms with Gasteiger partial charge in [0.05, 0.1) is 56.2 Å². The number of likely N-dealkylation sites (tertiary alicyclic amines) is 2. The first-order valence-electron chi connectivity index (χ1n) is 19.2. The third kappa shape index (κ3) is 9.29. The molecule has 0 bridgehead atoms. The summed E-state index contributed by atoms with van der Waals surface area (Å²) in [6.45, 7) is 6.64. The predicted octanol–water partition coefficient (Wildman–Crippen LogP) is 5.33. The first-order chi connectivity index (χ1) is 27.5. The maximum absolute atomic E-state index is 13.6. The summed E-state index contributed by atoms with van der Waals surface area (Å²) in [5, 5.41) is 5.30. The minimum absolute atomic E-state index is 0.109. The molecule has 15 nitrogen and oxygen atoms in total. The highest BCUT2D eigenvalue weighted by Crippen LogP contribution is 2.34. The molecule has 2 aromatic carbocycles. The molecule has 0 saturated carbocycles. The van der Waals surface area contributed by atoms with Crippen LogP contribution in [-0.4, -0.2) is 106 Å². The molecule has 2 fully saturated rings. The third-order valence-electron chi connectivity index (χ3n) is 10.6. The summed E-state index contributed by atoms with van der Waals surface area (Å²) in [7, 11) is 4.03. The monoisotopic (exact) mass is 778 g/mol. The van der Waals surface area contributed by atoms with Crippen LogP contribution in [0.2, 0.25) is 0 Å². The van der Waals surface area contributed by atoms with Crippen LogP contribution < -0.4 is 10.6 Å². The van der Waals surface area contributed by atoms with Gasteiger partial charge in [-0.25, -0.2) is 19.6 Å². The fourth-order valence-electron chi connectivity index (χ4n) is 7.30. The molecule has 4 aromatic rings. The second-order valence-corrected chi connectivity index (χ2v) is 14.6. The van der Waals surface area contributed by atoms with Gasteiger partial charge in [-0.15, -0.1) is 0 Å². The number of nitrogens with one attached hydrogen (secondary N) is 4. The Balaban J connectivity index is 1.08. The van der Waals surface area contributed by atoms with Crippen LogP contribution >= 0.6 is 0 Å². The molecule has 0 aliphatic carbocycles. The van der Waals surface area contributed by atoms with Gasteiger partial charge in [-0.3, -0.25) is 9.59 Å². The molecule has 15 heteroatoms. The van der Waals surface area contributed by atoms with Gasteiger partial charge < -0.3 is 44.6 Å². The second-order valence-electron chi connectivity index (χ2n) is 14.6. The van der Waals surface area contributed by atoms with Crippen LogP contribution in [0.3, 0.4) is 0 Å². The van der Waals surface area contributed by atoms with Gasteiger partial charge in [-0.2, -0.15) is 0 Å². The third-order valence-corrected chi connectivity index (χ3v) is 10.6. The lowest BCUT2D eigenvalue weighted by Crippen LogP contribution is -2.54. The number of carbonyl (C=O) groups excluding carboxylic acids is 4. The summed E-state index contributed by atoms with van der Waals surface area (Å²) in [6, 6.07) is 13.7. The van der Waals surface area contributed by atoms with E-state index in [1.54, 1.807) is 29.1 Å². The number of methoxy groups -OCH3 is 3. The number of imidazole rings is 2. The Hall–Kier alpha value is -6.14. The highest BCUT2D eigenvalue weighted by molar-refractivity contribution is 5.87. The topological polar surface area (TPSA) is 184 Å². The van der Waals surface area contributed by atoms with Crippen molar-refractivity contribution < 1.29 is 33.4 Å². The van der Waals surface area contributed by atoms with Crippen LogP contribution in [0.15, 0.2) is 60.9 Å². The van der Waals surface area contributed by atoms with Gasteiger partial charge in [0.2, 0.25) is 11.8 Å². The number of carbonyl (C=O) groups is 4. The molecule has 300 valence electrons. The van der Waals surface area contributed by atoms with E-state index >= 15 is 0 Å². The molecule has 4 amide bonds. The van der Waals surface area contributed by atoms with Crippen LogP contribution in [0.4, 0.5) is 9.59 Å². The number of hydrogen-bond acceptors (Lipinski definition) is 9. The molecule has 4 heterocycles. The first-order valence-corrected chi connectivity index (χ1v) is 19.2.